The van der Waals surface area contributed by atoms with Crippen LogP contribution < -0.4 is 5.32 Å². The highest BCUT2D eigenvalue weighted by Crippen LogP contribution is 2.15. The number of ether oxygens (including phenoxy) is 1. The minimum atomic E-state index is -0.00605. The van der Waals surface area contributed by atoms with Gasteiger partial charge in [0.2, 0.25) is 0 Å². The van der Waals surface area contributed by atoms with Crippen molar-refractivity contribution in [3.05, 3.63) is 57.3 Å². The van der Waals surface area contributed by atoms with Crippen LogP contribution in [0.5, 0.6) is 0 Å². The van der Waals surface area contributed by atoms with Gasteiger partial charge in [-0.25, -0.2) is 0 Å². The highest BCUT2D eigenvalue weighted by Gasteiger charge is 2.09. The standard InChI is InChI=1S/C15H17NO2S/c1-11-7-8-19-14(11)15(17)16-9-12-3-5-13(6-4-12)10-18-2/h3-8H,9-10H2,1-2H3,(H,16,17). The van der Waals surface area contributed by atoms with Crippen molar-refractivity contribution in [3.8, 4) is 0 Å². The second kappa shape index (κ2) is 6.50. The Morgan fingerprint density at radius 3 is 2.47 bits per heavy atom. The SMILES string of the molecule is COCc1ccc(CNC(=O)c2sccc2C)cc1. The minimum absolute atomic E-state index is 0.00605. The zero-order valence-electron chi connectivity index (χ0n) is 11.1. The summed E-state index contributed by atoms with van der Waals surface area (Å²) in [4.78, 5) is 12.7. The van der Waals surface area contributed by atoms with Gasteiger partial charge in [0.15, 0.2) is 0 Å². The molecule has 2 rings (SSSR count). The van der Waals surface area contributed by atoms with Crippen LogP contribution in [0.3, 0.4) is 0 Å². The molecule has 100 valence electrons. The van der Waals surface area contributed by atoms with Gasteiger partial charge >= 0.3 is 0 Å². The lowest BCUT2D eigenvalue weighted by Gasteiger charge is -2.06. The maximum absolute atomic E-state index is 11.9. The Balaban J connectivity index is 1.92. The van der Waals surface area contributed by atoms with Gasteiger partial charge in [-0.15, -0.1) is 11.3 Å². The number of aryl methyl sites for hydroxylation is 1. The molecule has 0 aliphatic heterocycles. The van der Waals surface area contributed by atoms with E-state index in [2.05, 4.69) is 5.32 Å². The molecule has 0 saturated carbocycles. The van der Waals surface area contributed by atoms with Gasteiger partial charge in [-0.05, 0) is 35.1 Å². The lowest BCUT2D eigenvalue weighted by atomic mass is 10.1. The fraction of sp³-hybridized carbons (Fsp3) is 0.267. The summed E-state index contributed by atoms with van der Waals surface area (Å²) in [7, 11) is 1.68. The zero-order valence-corrected chi connectivity index (χ0v) is 11.9. The van der Waals surface area contributed by atoms with Crippen LogP contribution in [0.4, 0.5) is 0 Å². The Labute approximate surface area is 117 Å². The third-order valence-electron chi connectivity index (χ3n) is 2.86. The van der Waals surface area contributed by atoms with Crippen molar-refractivity contribution in [1.29, 1.82) is 0 Å². The normalized spacial score (nSPS) is 10.4. The van der Waals surface area contributed by atoms with Crippen LogP contribution >= 0.6 is 11.3 Å². The topological polar surface area (TPSA) is 38.3 Å². The monoisotopic (exact) mass is 275 g/mol. The van der Waals surface area contributed by atoms with Crippen LogP contribution in [0.15, 0.2) is 35.7 Å². The highest BCUT2D eigenvalue weighted by molar-refractivity contribution is 7.12. The van der Waals surface area contributed by atoms with Gasteiger partial charge in [-0.3, -0.25) is 4.79 Å². The lowest BCUT2D eigenvalue weighted by molar-refractivity contribution is 0.0954. The summed E-state index contributed by atoms with van der Waals surface area (Å²) >= 11 is 1.47. The van der Waals surface area contributed by atoms with E-state index < -0.39 is 0 Å². The number of rotatable bonds is 5. The number of hydrogen-bond donors (Lipinski definition) is 1. The summed E-state index contributed by atoms with van der Waals surface area (Å²) in [6.07, 6.45) is 0. The van der Waals surface area contributed by atoms with E-state index in [9.17, 15) is 4.79 Å². The molecule has 0 radical (unpaired) electrons. The predicted octanol–water partition coefficient (Wildman–Crippen LogP) is 3.13. The molecule has 1 aromatic carbocycles. The molecule has 4 heteroatoms. The highest BCUT2D eigenvalue weighted by atomic mass is 32.1. The number of methoxy groups -OCH3 is 1. The van der Waals surface area contributed by atoms with Gasteiger partial charge in [0.05, 0.1) is 11.5 Å². The molecule has 19 heavy (non-hydrogen) atoms. The number of hydrogen-bond acceptors (Lipinski definition) is 3. The van der Waals surface area contributed by atoms with E-state index in [1.807, 2.05) is 42.6 Å². The number of carbonyl (C=O) groups excluding carboxylic acids is 1. The Hall–Kier alpha value is -1.65. The molecular weight excluding hydrogens is 258 g/mol. The van der Waals surface area contributed by atoms with Crippen molar-refractivity contribution in [1.82, 2.24) is 5.32 Å². The van der Waals surface area contributed by atoms with E-state index in [4.69, 9.17) is 4.74 Å². The first-order valence-corrected chi connectivity index (χ1v) is 6.97. The van der Waals surface area contributed by atoms with E-state index in [1.54, 1.807) is 7.11 Å². The third-order valence-corrected chi connectivity index (χ3v) is 3.87. The lowest BCUT2D eigenvalue weighted by Crippen LogP contribution is -2.22. The molecule has 0 atom stereocenters. The van der Waals surface area contributed by atoms with Crippen LogP contribution in [-0.4, -0.2) is 13.0 Å². The molecule has 0 aliphatic carbocycles. The summed E-state index contributed by atoms with van der Waals surface area (Å²) < 4.78 is 5.06. The molecule has 0 bridgehead atoms. The summed E-state index contributed by atoms with van der Waals surface area (Å²) in [5.41, 5.74) is 3.24. The van der Waals surface area contributed by atoms with Crippen molar-refractivity contribution in [2.24, 2.45) is 0 Å². The summed E-state index contributed by atoms with van der Waals surface area (Å²) in [6.45, 7) is 3.11. The van der Waals surface area contributed by atoms with Crippen molar-refractivity contribution in [2.75, 3.05) is 7.11 Å². The maximum atomic E-state index is 11.9. The van der Waals surface area contributed by atoms with Crippen molar-refractivity contribution >= 4 is 17.2 Å². The Kier molecular flexibility index (Phi) is 4.71. The Morgan fingerprint density at radius 2 is 1.89 bits per heavy atom. The third kappa shape index (κ3) is 3.66. The van der Waals surface area contributed by atoms with Gasteiger partial charge < -0.3 is 10.1 Å². The fourth-order valence-electron chi connectivity index (χ4n) is 1.79. The summed E-state index contributed by atoms with van der Waals surface area (Å²) in [5.74, 6) is -0.00605. The number of amides is 1. The van der Waals surface area contributed by atoms with Crippen LogP contribution in [0.1, 0.15) is 26.4 Å². The van der Waals surface area contributed by atoms with Gasteiger partial charge in [0.25, 0.3) is 5.91 Å². The number of benzene rings is 1. The second-order valence-corrected chi connectivity index (χ2v) is 5.28. The molecule has 1 N–H and O–H groups in total. The van der Waals surface area contributed by atoms with Gasteiger partial charge in [0, 0.05) is 13.7 Å². The largest absolute Gasteiger partial charge is 0.380 e. The first-order valence-electron chi connectivity index (χ1n) is 6.09. The number of thiophene rings is 1. The first kappa shape index (κ1) is 13.8. The van der Waals surface area contributed by atoms with Gasteiger partial charge in [-0.2, -0.15) is 0 Å². The van der Waals surface area contributed by atoms with E-state index in [-0.39, 0.29) is 5.91 Å². The smallest absolute Gasteiger partial charge is 0.261 e. The molecular formula is C15H17NO2S. The molecule has 3 nitrogen and oxygen atoms in total. The molecule has 1 amide bonds. The van der Waals surface area contributed by atoms with Crippen molar-refractivity contribution in [2.45, 2.75) is 20.1 Å². The van der Waals surface area contributed by atoms with E-state index in [0.717, 1.165) is 21.6 Å². The van der Waals surface area contributed by atoms with Crippen molar-refractivity contribution in [3.63, 3.8) is 0 Å². The zero-order chi connectivity index (χ0) is 13.7. The average Bonchev–Trinajstić information content (AvgIpc) is 2.84. The molecule has 2 aromatic rings. The van der Waals surface area contributed by atoms with Crippen LogP contribution in [0, 0.1) is 6.92 Å². The first-order chi connectivity index (χ1) is 9.20. The quantitative estimate of drug-likeness (QED) is 0.910. The fourth-order valence-corrected chi connectivity index (χ4v) is 2.63. The Bertz CT molecular complexity index is 546. The van der Waals surface area contributed by atoms with Crippen molar-refractivity contribution < 1.29 is 9.53 Å². The molecule has 1 aromatic heterocycles. The molecule has 0 spiro atoms. The molecule has 0 saturated heterocycles. The summed E-state index contributed by atoms with van der Waals surface area (Å²) in [6, 6.07) is 10.0. The molecule has 0 aliphatic rings. The van der Waals surface area contributed by atoms with E-state index in [1.165, 1.54) is 11.3 Å². The molecule has 0 fully saturated rings. The second-order valence-electron chi connectivity index (χ2n) is 4.36. The Morgan fingerprint density at radius 1 is 1.21 bits per heavy atom. The van der Waals surface area contributed by atoms with Gasteiger partial charge in [-0.1, -0.05) is 24.3 Å². The molecule has 1 heterocycles. The van der Waals surface area contributed by atoms with Crippen LogP contribution in [-0.2, 0) is 17.9 Å². The number of nitrogens with one attached hydrogen (secondary N) is 1. The maximum Gasteiger partial charge on any atom is 0.261 e. The van der Waals surface area contributed by atoms with Crippen LogP contribution in [0.2, 0.25) is 0 Å². The number of carbonyl (C=O) groups is 1. The predicted molar refractivity (Wildman–Crippen MR) is 77.4 cm³/mol. The van der Waals surface area contributed by atoms with Gasteiger partial charge in [0.1, 0.15) is 0 Å². The summed E-state index contributed by atoms with van der Waals surface area (Å²) in [5, 5.41) is 4.87. The van der Waals surface area contributed by atoms with E-state index >= 15 is 0 Å². The molecule has 0 unspecified atom stereocenters. The van der Waals surface area contributed by atoms with Crippen LogP contribution in [0.25, 0.3) is 0 Å². The van der Waals surface area contributed by atoms with E-state index in [0.29, 0.717) is 13.2 Å². The minimum Gasteiger partial charge on any atom is -0.380 e. The average molecular weight is 275 g/mol.